The van der Waals surface area contributed by atoms with Crippen molar-refractivity contribution >= 4 is 29.2 Å². The van der Waals surface area contributed by atoms with Gasteiger partial charge >= 0.3 is 11.7 Å². The molecule has 11 heteroatoms. The Balaban J connectivity index is 1.92. The number of nitrogens with one attached hydrogen (secondary N) is 1. The molecule has 0 heterocycles. The molecule has 31 heavy (non-hydrogen) atoms. The Labute approximate surface area is 178 Å². The molecule has 0 amide bonds. The van der Waals surface area contributed by atoms with Crippen LogP contribution in [0.5, 0.6) is 5.75 Å². The molecule has 0 fully saturated rings. The smallest absolute Gasteiger partial charge is 0.338 e. The number of rotatable bonds is 10. The number of hydrogen-bond donors (Lipinski definition) is 1. The molecular formula is C20H22N4O7. The number of hydrazone groups is 1. The Hall–Kier alpha value is -4.02. The van der Waals surface area contributed by atoms with E-state index in [1.807, 2.05) is 13.8 Å². The van der Waals surface area contributed by atoms with Crippen LogP contribution in [0.2, 0.25) is 0 Å². The summed E-state index contributed by atoms with van der Waals surface area (Å²) in [5, 5.41) is 25.9. The number of carbonyl (C=O) groups excluding carboxylic acids is 1. The molecule has 0 bridgehead atoms. The summed E-state index contributed by atoms with van der Waals surface area (Å²) in [6.07, 6.45) is 1.97. The van der Waals surface area contributed by atoms with Gasteiger partial charge in [-0.3, -0.25) is 25.7 Å². The minimum Gasteiger partial charge on any atom is -0.497 e. The van der Waals surface area contributed by atoms with Crippen LogP contribution in [0.25, 0.3) is 0 Å². The number of nitrogens with zero attached hydrogens (tertiary/aromatic N) is 3. The number of anilines is 1. The summed E-state index contributed by atoms with van der Waals surface area (Å²) in [4.78, 5) is 32.6. The molecule has 0 radical (unpaired) electrons. The molecule has 0 saturated heterocycles. The molecule has 2 aromatic carbocycles. The second-order valence-electron chi connectivity index (χ2n) is 7.19. The number of esters is 1. The summed E-state index contributed by atoms with van der Waals surface area (Å²) in [5.41, 5.74) is 1.62. The maximum atomic E-state index is 12.1. The maximum Gasteiger partial charge on any atom is 0.338 e. The van der Waals surface area contributed by atoms with Crippen LogP contribution in [0.1, 0.15) is 30.6 Å². The van der Waals surface area contributed by atoms with Crippen LogP contribution in [0, 0.1) is 25.6 Å². The van der Waals surface area contributed by atoms with Crippen LogP contribution in [0.15, 0.2) is 47.6 Å². The topological polar surface area (TPSA) is 146 Å². The zero-order chi connectivity index (χ0) is 23.0. The largest absolute Gasteiger partial charge is 0.497 e. The van der Waals surface area contributed by atoms with E-state index in [4.69, 9.17) is 9.47 Å². The highest BCUT2D eigenvalue weighted by Crippen LogP contribution is 2.29. The SMILES string of the molecule is COc1ccc(C(=O)OCCC(C)(C)C=NNc2ccc([N+](=O)[O-])cc2[N+](=O)[O-])cc1. The van der Waals surface area contributed by atoms with Crippen LogP contribution < -0.4 is 10.2 Å². The average Bonchev–Trinajstić information content (AvgIpc) is 2.73. The van der Waals surface area contributed by atoms with Crippen LogP contribution in [-0.4, -0.2) is 35.7 Å². The molecule has 2 aromatic rings. The number of hydrogen-bond acceptors (Lipinski definition) is 9. The number of non-ortho nitro benzene ring substituents is 1. The van der Waals surface area contributed by atoms with Crippen molar-refractivity contribution in [2.45, 2.75) is 20.3 Å². The molecule has 0 unspecified atom stereocenters. The summed E-state index contributed by atoms with van der Waals surface area (Å²) in [7, 11) is 1.53. The fourth-order valence-electron chi connectivity index (χ4n) is 2.44. The van der Waals surface area contributed by atoms with Crippen molar-refractivity contribution in [3.63, 3.8) is 0 Å². The number of nitro groups is 2. The Morgan fingerprint density at radius 3 is 2.39 bits per heavy atom. The molecule has 1 N–H and O–H groups in total. The molecule has 0 aliphatic heterocycles. The third kappa shape index (κ3) is 6.77. The van der Waals surface area contributed by atoms with Gasteiger partial charge < -0.3 is 9.47 Å². The van der Waals surface area contributed by atoms with E-state index in [1.165, 1.54) is 19.4 Å². The van der Waals surface area contributed by atoms with Gasteiger partial charge in [0.2, 0.25) is 0 Å². The van der Waals surface area contributed by atoms with E-state index in [2.05, 4.69) is 10.5 Å². The molecule has 0 aliphatic carbocycles. The second-order valence-corrected chi connectivity index (χ2v) is 7.19. The van der Waals surface area contributed by atoms with Crippen LogP contribution >= 0.6 is 0 Å². The maximum absolute atomic E-state index is 12.1. The van der Waals surface area contributed by atoms with Crippen molar-refractivity contribution in [3.8, 4) is 5.75 Å². The molecule has 11 nitrogen and oxygen atoms in total. The summed E-state index contributed by atoms with van der Waals surface area (Å²) in [6, 6.07) is 9.77. The molecule has 0 saturated carbocycles. The quantitative estimate of drug-likeness (QED) is 0.255. The Kier molecular flexibility index (Phi) is 7.61. The predicted molar refractivity (Wildman–Crippen MR) is 114 cm³/mol. The predicted octanol–water partition coefficient (Wildman–Crippen LogP) is 4.18. The van der Waals surface area contributed by atoms with E-state index >= 15 is 0 Å². The lowest BCUT2D eigenvalue weighted by Gasteiger charge is -2.18. The van der Waals surface area contributed by atoms with Gasteiger partial charge in [-0.2, -0.15) is 5.10 Å². The van der Waals surface area contributed by atoms with E-state index in [-0.39, 0.29) is 18.0 Å². The summed E-state index contributed by atoms with van der Waals surface area (Å²) < 4.78 is 10.3. The van der Waals surface area contributed by atoms with E-state index in [1.54, 1.807) is 24.3 Å². The summed E-state index contributed by atoms with van der Waals surface area (Å²) >= 11 is 0. The van der Waals surface area contributed by atoms with Crippen molar-refractivity contribution in [2.75, 3.05) is 19.1 Å². The highest BCUT2D eigenvalue weighted by molar-refractivity contribution is 5.89. The van der Waals surface area contributed by atoms with Gasteiger partial charge in [-0.15, -0.1) is 0 Å². The average molecular weight is 430 g/mol. The van der Waals surface area contributed by atoms with E-state index in [9.17, 15) is 25.0 Å². The molecule has 2 rings (SSSR count). The Morgan fingerprint density at radius 2 is 1.81 bits per heavy atom. The van der Waals surface area contributed by atoms with Crippen LogP contribution in [0.4, 0.5) is 17.1 Å². The van der Waals surface area contributed by atoms with Crippen LogP contribution in [0.3, 0.4) is 0 Å². The van der Waals surface area contributed by atoms with Gasteiger partial charge in [-0.1, -0.05) is 13.8 Å². The lowest BCUT2D eigenvalue weighted by Crippen LogP contribution is -2.18. The standard InChI is InChI=1S/C20H22N4O7/c1-20(2,10-11-31-19(25)14-4-7-16(30-3)8-5-14)13-21-22-17-9-6-15(23(26)27)12-18(17)24(28)29/h4-9,12-13,22H,10-11H2,1-3H3. The molecule has 164 valence electrons. The first kappa shape index (κ1) is 23.3. The molecule has 0 atom stereocenters. The third-order valence-corrected chi connectivity index (χ3v) is 4.29. The third-order valence-electron chi connectivity index (χ3n) is 4.29. The van der Waals surface area contributed by atoms with E-state index < -0.39 is 26.9 Å². The van der Waals surface area contributed by atoms with Gasteiger partial charge in [0.05, 0.1) is 35.2 Å². The van der Waals surface area contributed by atoms with Gasteiger partial charge in [0.15, 0.2) is 0 Å². The number of methoxy groups -OCH3 is 1. The van der Waals surface area contributed by atoms with E-state index in [0.717, 1.165) is 12.1 Å². The number of carbonyl (C=O) groups is 1. The normalized spacial score (nSPS) is 11.2. The fraction of sp³-hybridized carbons (Fsp3) is 0.300. The number of nitro benzene ring substituents is 2. The highest BCUT2D eigenvalue weighted by atomic mass is 16.6. The van der Waals surface area contributed by atoms with Gasteiger partial charge in [0.25, 0.3) is 5.69 Å². The zero-order valence-corrected chi connectivity index (χ0v) is 17.2. The van der Waals surface area contributed by atoms with Crippen LogP contribution in [-0.2, 0) is 4.74 Å². The minimum absolute atomic E-state index is 0.0218. The molecular weight excluding hydrogens is 408 g/mol. The Morgan fingerprint density at radius 1 is 1.13 bits per heavy atom. The molecule has 0 aliphatic rings. The molecule has 0 spiro atoms. The second kappa shape index (κ2) is 10.1. The number of ether oxygens (including phenoxy) is 2. The molecule has 0 aromatic heterocycles. The van der Waals surface area contributed by atoms with Gasteiger partial charge in [0, 0.05) is 17.7 Å². The Bertz CT molecular complexity index is 988. The van der Waals surface area contributed by atoms with Gasteiger partial charge in [-0.05, 0) is 36.8 Å². The minimum atomic E-state index is -0.728. The van der Waals surface area contributed by atoms with Crippen molar-refractivity contribution in [3.05, 3.63) is 68.3 Å². The first-order chi connectivity index (χ1) is 14.6. The van der Waals surface area contributed by atoms with Crippen molar-refractivity contribution < 1.29 is 24.1 Å². The van der Waals surface area contributed by atoms with Gasteiger partial charge in [0.1, 0.15) is 11.4 Å². The van der Waals surface area contributed by atoms with Crippen molar-refractivity contribution in [1.82, 2.24) is 0 Å². The highest BCUT2D eigenvalue weighted by Gasteiger charge is 2.20. The first-order valence-corrected chi connectivity index (χ1v) is 9.17. The lowest BCUT2D eigenvalue weighted by molar-refractivity contribution is -0.393. The lowest BCUT2D eigenvalue weighted by atomic mass is 9.91. The first-order valence-electron chi connectivity index (χ1n) is 9.17. The zero-order valence-electron chi connectivity index (χ0n) is 17.2. The number of benzene rings is 2. The van der Waals surface area contributed by atoms with Crippen molar-refractivity contribution in [2.24, 2.45) is 10.5 Å². The van der Waals surface area contributed by atoms with E-state index in [0.29, 0.717) is 17.7 Å². The summed E-state index contributed by atoms with van der Waals surface area (Å²) in [5.74, 6) is 0.171. The van der Waals surface area contributed by atoms with Crippen molar-refractivity contribution in [1.29, 1.82) is 0 Å². The fourth-order valence-corrected chi connectivity index (χ4v) is 2.44. The summed E-state index contributed by atoms with van der Waals surface area (Å²) in [6.45, 7) is 3.84. The van der Waals surface area contributed by atoms with Gasteiger partial charge in [-0.25, -0.2) is 4.79 Å². The monoisotopic (exact) mass is 430 g/mol.